The highest BCUT2D eigenvalue weighted by molar-refractivity contribution is 5.98. The zero-order valence-electron chi connectivity index (χ0n) is 16.7. The summed E-state index contributed by atoms with van der Waals surface area (Å²) in [7, 11) is 0. The van der Waals surface area contributed by atoms with Gasteiger partial charge >= 0.3 is 5.97 Å². The van der Waals surface area contributed by atoms with E-state index < -0.39 is 5.97 Å². The number of hydrogen-bond acceptors (Lipinski definition) is 5. The van der Waals surface area contributed by atoms with Gasteiger partial charge in [0.25, 0.3) is 0 Å². The van der Waals surface area contributed by atoms with Gasteiger partial charge in [-0.2, -0.15) is 5.26 Å². The van der Waals surface area contributed by atoms with Crippen LogP contribution in [0.2, 0.25) is 0 Å². The van der Waals surface area contributed by atoms with Crippen LogP contribution in [0.3, 0.4) is 0 Å². The molecule has 2 rings (SSSR count). The maximum Gasteiger partial charge on any atom is 0.344 e. The molecule has 0 N–H and O–H groups in total. The summed E-state index contributed by atoms with van der Waals surface area (Å²) in [5, 5.41) is 9.32. The number of esters is 1. The molecule has 0 aliphatic carbocycles. The molecular formula is C24H22N2O3. The van der Waals surface area contributed by atoms with Gasteiger partial charge < -0.3 is 4.74 Å². The standard InChI is InChI=1S/C24H22N2O3/c1-5-6-8-16(2)17(3)13-22-12-11-21(15-25)23(26-22)29-24(28)20-10-7-9-19(14-20)18(4)27/h5-12,14H,3,13H2,1-2,4H3/b6-5-,16-8+. The van der Waals surface area contributed by atoms with Crippen molar-refractivity contribution in [3.8, 4) is 11.9 Å². The summed E-state index contributed by atoms with van der Waals surface area (Å²) in [6, 6.07) is 11.5. The fourth-order valence-corrected chi connectivity index (χ4v) is 2.47. The van der Waals surface area contributed by atoms with Crippen molar-refractivity contribution in [1.29, 1.82) is 5.26 Å². The number of nitriles is 1. The molecule has 0 unspecified atom stereocenters. The molecule has 146 valence electrons. The van der Waals surface area contributed by atoms with Crippen molar-refractivity contribution in [2.45, 2.75) is 27.2 Å². The number of ketones is 1. The smallest absolute Gasteiger partial charge is 0.344 e. The molecule has 0 amide bonds. The fraction of sp³-hybridized carbons (Fsp3) is 0.167. The number of rotatable bonds is 7. The topological polar surface area (TPSA) is 80.0 Å². The first-order valence-electron chi connectivity index (χ1n) is 9.06. The highest BCUT2D eigenvalue weighted by atomic mass is 16.5. The minimum Gasteiger partial charge on any atom is -0.402 e. The molecule has 0 aliphatic rings. The molecule has 2 aromatic rings. The van der Waals surface area contributed by atoms with E-state index in [0.717, 1.165) is 11.1 Å². The van der Waals surface area contributed by atoms with Crippen LogP contribution in [0, 0.1) is 11.3 Å². The highest BCUT2D eigenvalue weighted by Crippen LogP contribution is 2.20. The Morgan fingerprint density at radius 3 is 2.59 bits per heavy atom. The maximum atomic E-state index is 12.5. The van der Waals surface area contributed by atoms with Gasteiger partial charge in [-0.3, -0.25) is 4.79 Å². The van der Waals surface area contributed by atoms with E-state index >= 15 is 0 Å². The average molecular weight is 386 g/mol. The number of carbonyl (C=O) groups is 2. The van der Waals surface area contributed by atoms with Gasteiger partial charge in [-0.1, -0.05) is 36.9 Å². The molecule has 0 atom stereocenters. The van der Waals surface area contributed by atoms with E-state index in [1.807, 2.05) is 38.1 Å². The van der Waals surface area contributed by atoms with Crippen LogP contribution >= 0.6 is 0 Å². The SMILES string of the molecule is C=C(Cc1ccc(C#N)c(OC(=O)c2cccc(C(C)=O)c2)n1)/C(C)=C/C=C\C. The maximum absolute atomic E-state index is 12.5. The first-order chi connectivity index (χ1) is 13.8. The van der Waals surface area contributed by atoms with Gasteiger partial charge in [-0.05, 0) is 56.2 Å². The van der Waals surface area contributed by atoms with Gasteiger partial charge in [-0.15, -0.1) is 0 Å². The van der Waals surface area contributed by atoms with E-state index in [4.69, 9.17) is 4.74 Å². The number of allylic oxidation sites excluding steroid dienone is 5. The van der Waals surface area contributed by atoms with Crippen molar-refractivity contribution in [1.82, 2.24) is 4.98 Å². The van der Waals surface area contributed by atoms with Crippen molar-refractivity contribution < 1.29 is 14.3 Å². The number of hydrogen-bond donors (Lipinski definition) is 0. The Balaban J connectivity index is 2.26. The second-order valence-corrected chi connectivity index (χ2v) is 6.45. The minimum atomic E-state index is -0.683. The van der Waals surface area contributed by atoms with Crippen molar-refractivity contribution in [2.24, 2.45) is 0 Å². The summed E-state index contributed by atoms with van der Waals surface area (Å²) in [6.07, 6.45) is 6.26. The van der Waals surface area contributed by atoms with Crippen molar-refractivity contribution in [2.75, 3.05) is 0 Å². The third-order valence-electron chi connectivity index (χ3n) is 4.22. The Hall–Kier alpha value is -3.78. The zero-order chi connectivity index (χ0) is 21.4. The van der Waals surface area contributed by atoms with E-state index in [1.165, 1.54) is 13.0 Å². The molecule has 1 aromatic carbocycles. The van der Waals surface area contributed by atoms with Gasteiger partial charge in [0, 0.05) is 17.7 Å². The van der Waals surface area contributed by atoms with Crippen molar-refractivity contribution in [3.63, 3.8) is 0 Å². The van der Waals surface area contributed by atoms with Crippen LogP contribution in [0.25, 0.3) is 0 Å². The Kier molecular flexibility index (Phi) is 7.39. The molecular weight excluding hydrogens is 364 g/mol. The van der Waals surface area contributed by atoms with Gasteiger partial charge in [0.05, 0.1) is 5.56 Å². The molecule has 0 radical (unpaired) electrons. The van der Waals surface area contributed by atoms with E-state index in [-0.39, 0.29) is 22.8 Å². The molecule has 0 fully saturated rings. The summed E-state index contributed by atoms with van der Waals surface area (Å²) in [4.78, 5) is 28.4. The quantitative estimate of drug-likeness (QED) is 0.380. The Bertz CT molecular complexity index is 1060. The third-order valence-corrected chi connectivity index (χ3v) is 4.22. The first-order valence-corrected chi connectivity index (χ1v) is 9.06. The lowest BCUT2D eigenvalue weighted by Gasteiger charge is -2.09. The van der Waals surface area contributed by atoms with Crippen LogP contribution in [-0.4, -0.2) is 16.7 Å². The largest absolute Gasteiger partial charge is 0.402 e. The molecule has 5 nitrogen and oxygen atoms in total. The molecule has 1 heterocycles. The van der Waals surface area contributed by atoms with E-state index in [1.54, 1.807) is 30.3 Å². The molecule has 0 saturated heterocycles. The molecule has 0 saturated carbocycles. The minimum absolute atomic E-state index is 0.0638. The third kappa shape index (κ3) is 5.85. The summed E-state index contributed by atoms with van der Waals surface area (Å²) >= 11 is 0. The number of pyridine rings is 1. The average Bonchev–Trinajstić information content (AvgIpc) is 2.72. The zero-order valence-corrected chi connectivity index (χ0v) is 16.7. The second-order valence-electron chi connectivity index (χ2n) is 6.45. The predicted octanol–water partition coefficient (Wildman–Crippen LogP) is 5.00. The van der Waals surface area contributed by atoms with E-state index in [0.29, 0.717) is 17.7 Å². The summed E-state index contributed by atoms with van der Waals surface area (Å²) in [6.45, 7) is 9.37. The number of nitrogens with zero attached hydrogens (tertiary/aromatic N) is 2. The normalized spacial score (nSPS) is 11.2. The first kappa shape index (κ1) is 21.5. The number of benzene rings is 1. The molecule has 0 bridgehead atoms. The highest BCUT2D eigenvalue weighted by Gasteiger charge is 2.15. The molecule has 29 heavy (non-hydrogen) atoms. The van der Waals surface area contributed by atoms with Crippen LogP contribution < -0.4 is 4.74 Å². The van der Waals surface area contributed by atoms with Crippen LogP contribution in [-0.2, 0) is 6.42 Å². The van der Waals surface area contributed by atoms with Crippen LogP contribution in [0.4, 0.5) is 0 Å². The Labute approximate surface area is 170 Å². The lowest BCUT2D eigenvalue weighted by molar-refractivity contribution is 0.0726. The molecule has 0 spiro atoms. The summed E-state index contributed by atoms with van der Waals surface area (Å²) in [5.74, 6) is -0.902. The van der Waals surface area contributed by atoms with Crippen LogP contribution in [0.5, 0.6) is 5.88 Å². The van der Waals surface area contributed by atoms with Crippen molar-refractivity contribution in [3.05, 3.63) is 94.7 Å². The number of Topliss-reactive ketones (excluding diaryl/α,β-unsaturated/α-hetero) is 1. The number of carbonyl (C=O) groups excluding carboxylic acids is 2. The molecule has 0 aliphatic heterocycles. The monoisotopic (exact) mass is 386 g/mol. The fourth-order valence-electron chi connectivity index (χ4n) is 2.47. The summed E-state index contributed by atoms with van der Waals surface area (Å²) in [5.41, 5.74) is 3.27. The van der Waals surface area contributed by atoms with E-state index in [9.17, 15) is 14.9 Å². The molecule has 5 heteroatoms. The number of ether oxygens (including phenoxy) is 1. The second kappa shape index (κ2) is 9.95. The molecule has 1 aromatic heterocycles. The number of aromatic nitrogens is 1. The van der Waals surface area contributed by atoms with Crippen LogP contribution in [0.15, 0.2) is 72.4 Å². The predicted molar refractivity (Wildman–Crippen MR) is 112 cm³/mol. The Morgan fingerprint density at radius 2 is 1.93 bits per heavy atom. The van der Waals surface area contributed by atoms with E-state index in [2.05, 4.69) is 11.6 Å². The lowest BCUT2D eigenvalue weighted by atomic mass is 10.0. The van der Waals surface area contributed by atoms with Gasteiger partial charge in [0.2, 0.25) is 5.88 Å². The van der Waals surface area contributed by atoms with Gasteiger partial charge in [-0.25, -0.2) is 9.78 Å². The Morgan fingerprint density at radius 1 is 1.21 bits per heavy atom. The van der Waals surface area contributed by atoms with Gasteiger partial charge in [0.15, 0.2) is 5.78 Å². The van der Waals surface area contributed by atoms with Gasteiger partial charge in [0.1, 0.15) is 11.6 Å². The lowest BCUT2D eigenvalue weighted by Crippen LogP contribution is -2.12. The summed E-state index contributed by atoms with van der Waals surface area (Å²) < 4.78 is 5.37. The van der Waals surface area contributed by atoms with Crippen molar-refractivity contribution >= 4 is 11.8 Å². The van der Waals surface area contributed by atoms with Crippen LogP contribution in [0.1, 0.15) is 52.7 Å².